The number of fused-ring (bicyclic) bond motifs is 1. The van der Waals surface area contributed by atoms with Crippen molar-refractivity contribution < 1.29 is 23.4 Å². The number of hydrogen-bond donors (Lipinski definition) is 2. The number of rotatable bonds is 6. The molecule has 0 saturated carbocycles. The molecule has 10 nitrogen and oxygen atoms in total. The number of benzene rings is 1. The Balaban J connectivity index is 1.57. The molecule has 0 bridgehead atoms. The number of ether oxygens (including phenoxy) is 1. The van der Waals surface area contributed by atoms with Crippen LogP contribution in [0.3, 0.4) is 0 Å². The van der Waals surface area contributed by atoms with Crippen molar-refractivity contribution in [2.24, 2.45) is 5.41 Å². The van der Waals surface area contributed by atoms with Crippen molar-refractivity contribution >= 4 is 34.2 Å². The largest absolute Gasteiger partial charge is 0.465 e. The molecule has 1 unspecified atom stereocenters. The lowest BCUT2D eigenvalue weighted by Gasteiger charge is -2.39. The highest BCUT2D eigenvalue weighted by Gasteiger charge is 2.43. The Morgan fingerprint density at radius 2 is 1.82 bits per heavy atom. The van der Waals surface area contributed by atoms with Gasteiger partial charge in [0.1, 0.15) is 23.8 Å². The fourth-order valence-corrected chi connectivity index (χ4v) is 6.75. The number of carbonyl (C=O) groups is 1. The molecule has 236 valence electrons. The summed E-state index contributed by atoms with van der Waals surface area (Å²) in [5.41, 5.74) is 3.45. The van der Waals surface area contributed by atoms with E-state index in [1.807, 2.05) is 33.8 Å². The van der Waals surface area contributed by atoms with Crippen molar-refractivity contribution in [3.8, 4) is 11.1 Å². The van der Waals surface area contributed by atoms with E-state index in [9.17, 15) is 14.3 Å². The normalized spacial score (nSPS) is 18.0. The SMILES string of the molecule is Cc1c(C([C@@H]2CCCN2C(=O)O)C(C)(C)C)nc2cc(F)cc(F)c2c1Nc1cc(N2CCOCC2)ncc1-c1cncnc1. The molecule has 2 aliphatic heterocycles. The first kappa shape index (κ1) is 30.6. The van der Waals surface area contributed by atoms with Gasteiger partial charge in [-0.3, -0.25) is 4.98 Å². The van der Waals surface area contributed by atoms with E-state index in [0.717, 1.165) is 18.3 Å². The molecule has 1 amide bonds. The summed E-state index contributed by atoms with van der Waals surface area (Å²) >= 11 is 0. The van der Waals surface area contributed by atoms with Crippen LogP contribution in [-0.4, -0.2) is 74.9 Å². The molecule has 2 fully saturated rings. The third-order valence-corrected chi connectivity index (χ3v) is 8.80. The second-order valence-corrected chi connectivity index (χ2v) is 12.7. The summed E-state index contributed by atoms with van der Waals surface area (Å²) in [7, 11) is 0. The Morgan fingerprint density at radius 1 is 1.09 bits per heavy atom. The maximum atomic E-state index is 15.8. The van der Waals surface area contributed by atoms with Gasteiger partial charge >= 0.3 is 6.09 Å². The summed E-state index contributed by atoms with van der Waals surface area (Å²) in [5, 5.41) is 13.7. The summed E-state index contributed by atoms with van der Waals surface area (Å²) in [6.45, 7) is 10.9. The van der Waals surface area contributed by atoms with E-state index in [1.54, 1.807) is 18.6 Å². The smallest absolute Gasteiger partial charge is 0.407 e. The predicted molar refractivity (Wildman–Crippen MR) is 168 cm³/mol. The Kier molecular flexibility index (Phi) is 8.25. The topological polar surface area (TPSA) is 117 Å². The van der Waals surface area contributed by atoms with Crippen LogP contribution in [0.5, 0.6) is 0 Å². The van der Waals surface area contributed by atoms with E-state index in [4.69, 9.17) is 14.7 Å². The van der Waals surface area contributed by atoms with Crippen LogP contribution in [0.4, 0.5) is 30.8 Å². The maximum Gasteiger partial charge on any atom is 0.407 e. The minimum Gasteiger partial charge on any atom is -0.465 e. The van der Waals surface area contributed by atoms with Crippen molar-refractivity contribution in [1.29, 1.82) is 0 Å². The first-order valence-electron chi connectivity index (χ1n) is 15.2. The molecule has 2 saturated heterocycles. The number of amides is 1. The summed E-state index contributed by atoms with van der Waals surface area (Å²) in [5.74, 6) is -1.12. The number of aromatic nitrogens is 4. The van der Waals surface area contributed by atoms with Crippen molar-refractivity contribution in [2.75, 3.05) is 43.1 Å². The number of hydrogen-bond acceptors (Lipinski definition) is 8. The molecule has 2 atom stereocenters. The zero-order chi connectivity index (χ0) is 31.9. The standard InChI is InChI=1S/C33H37F2N7O3/c1-19-30(39-24-14-27(41-8-10-45-11-9-41)38-17-22(24)20-15-36-18-37-16-20)28-23(35)12-21(34)13-25(28)40-31(19)29(33(2,3)4)26-6-5-7-42(26)32(43)44/h12-18,26,29H,5-11H2,1-4H3,(H,43,44)(H,38,39,40)/t26-,29?/m0/s1. The number of likely N-dealkylation sites (tertiary alicyclic amines) is 1. The van der Waals surface area contributed by atoms with E-state index in [-0.39, 0.29) is 22.9 Å². The molecule has 6 rings (SSSR count). The third kappa shape index (κ3) is 5.98. The third-order valence-electron chi connectivity index (χ3n) is 8.80. The Morgan fingerprint density at radius 3 is 2.51 bits per heavy atom. The fourth-order valence-electron chi connectivity index (χ4n) is 6.75. The van der Waals surface area contributed by atoms with Crippen LogP contribution in [0.2, 0.25) is 0 Å². The number of pyridine rings is 2. The van der Waals surface area contributed by atoms with Crippen LogP contribution in [0, 0.1) is 24.0 Å². The molecule has 45 heavy (non-hydrogen) atoms. The maximum absolute atomic E-state index is 15.8. The van der Waals surface area contributed by atoms with Gasteiger partial charge < -0.3 is 25.0 Å². The summed E-state index contributed by atoms with van der Waals surface area (Å²) < 4.78 is 36.0. The summed E-state index contributed by atoms with van der Waals surface area (Å²) in [6.07, 6.45) is 6.95. The number of morpholine rings is 1. The van der Waals surface area contributed by atoms with Crippen molar-refractivity contribution in [3.63, 3.8) is 0 Å². The average Bonchev–Trinajstić information content (AvgIpc) is 3.49. The van der Waals surface area contributed by atoms with E-state index in [2.05, 4.69) is 20.2 Å². The molecular weight excluding hydrogens is 580 g/mol. The molecular formula is C33H37F2N7O3. The molecule has 0 spiro atoms. The predicted octanol–water partition coefficient (Wildman–Crippen LogP) is 6.53. The monoisotopic (exact) mass is 617 g/mol. The Hall–Kier alpha value is -4.45. The number of carboxylic acid groups (broad SMARTS) is 1. The quantitative estimate of drug-likeness (QED) is 0.249. The zero-order valence-electron chi connectivity index (χ0n) is 25.8. The van der Waals surface area contributed by atoms with Gasteiger partial charge in [0.2, 0.25) is 0 Å². The van der Waals surface area contributed by atoms with Crippen LogP contribution in [0.1, 0.15) is 50.8 Å². The van der Waals surface area contributed by atoms with Gasteiger partial charge in [-0.05, 0) is 30.7 Å². The zero-order valence-corrected chi connectivity index (χ0v) is 25.8. The number of anilines is 3. The van der Waals surface area contributed by atoms with Crippen LogP contribution in [0.15, 0.2) is 43.1 Å². The fraction of sp³-hybridized carbons (Fsp3) is 0.424. The molecule has 0 radical (unpaired) electrons. The summed E-state index contributed by atoms with van der Waals surface area (Å²) in [6, 6.07) is 3.65. The van der Waals surface area contributed by atoms with Crippen molar-refractivity contribution in [2.45, 2.75) is 52.5 Å². The Labute approximate surface area is 260 Å². The average molecular weight is 618 g/mol. The molecule has 4 aromatic rings. The van der Waals surface area contributed by atoms with E-state index < -0.39 is 23.1 Å². The van der Waals surface area contributed by atoms with Gasteiger partial charge in [-0.25, -0.2) is 28.5 Å². The lowest BCUT2D eigenvalue weighted by Crippen LogP contribution is -2.43. The molecule has 1 aromatic carbocycles. The lowest BCUT2D eigenvalue weighted by molar-refractivity contribution is 0.115. The van der Waals surface area contributed by atoms with Gasteiger partial charge in [-0.1, -0.05) is 20.8 Å². The number of halogens is 2. The van der Waals surface area contributed by atoms with Gasteiger partial charge in [0, 0.05) is 79.5 Å². The highest BCUT2D eigenvalue weighted by Crippen LogP contribution is 2.47. The van der Waals surface area contributed by atoms with Gasteiger partial charge in [0.05, 0.1) is 41.2 Å². The van der Waals surface area contributed by atoms with E-state index in [1.165, 1.54) is 17.3 Å². The molecule has 5 heterocycles. The second kappa shape index (κ2) is 12.2. The second-order valence-electron chi connectivity index (χ2n) is 12.7. The molecule has 2 N–H and O–H groups in total. The highest BCUT2D eigenvalue weighted by molar-refractivity contribution is 5.97. The first-order valence-corrected chi connectivity index (χ1v) is 15.2. The number of nitrogens with zero attached hydrogens (tertiary/aromatic N) is 6. The number of nitrogens with one attached hydrogen (secondary N) is 1. The first-order chi connectivity index (χ1) is 21.5. The van der Waals surface area contributed by atoms with Crippen LogP contribution in [-0.2, 0) is 4.74 Å². The van der Waals surface area contributed by atoms with Crippen molar-refractivity contribution in [3.05, 3.63) is 66.0 Å². The van der Waals surface area contributed by atoms with E-state index >= 15 is 4.39 Å². The van der Waals surface area contributed by atoms with Crippen LogP contribution in [0.25, 0.3) is 22.0 Å². The summed E-state index contributed by atoms with van der Waals surface area (Å²) in [4.78, 5) is 33.8. The molecule has 0 aliphatic carbocycles. The minimum absolute atomic E-state index is 0.145. The van der Waals surface area contributed by atoms with Gasteiger partial charge in [0.15, 0.2) is 0 Å². The Bertz CT molecular complexity index is 1730. The molecule has 2 aliphatic rings. The van der Waals surface area contributed by atoms with Crippen LogP contribution >= 0.6 is 0 Å². The van der Waals surface area contributed by atoms with Gasteiger partial charge in [-0.15, -0.1) is 0 Å². The minimum atomic E-state index is -0.984. The lowest BCUT2D eigenvalue weighted by atomic mass is 9.72. The van der Waals surface area contributed by atoms with Gasteiger partial charge in [0.25, 0.3) is 0 Å². The molecule has 3 aromatic heterocycles. The van der Waals surface area contributed by atoms with Crippen molar-refractivity contribution in [1.82, 2.24) is 24.8 Å². The molecule has 12 heteroatoms. The highest BCUT2D eigenvalue weighted by atomic mass is 19.1. The van der Waals surface area contributed by atoms with E-state index in [0.29, 0.717) is 73.0 Å². The van der Waals surface area contributed by atoms with Gasteiger partial charge in [-0.2, -0.15) is 0 Å². The van der Waals surface area contributed by atoms with Crippen LogP contribution < -0.4 is 10.2 Å².